The van der Waals surface area contributed by atoms with Gasteiger partial charge in [0, 0.05) is 23.7 Å². The van der Waals surface area contributed by atoms with Gasteiger partial charge in [0.2, 0.25) is 17.6 Å². The molecule has 1 amide bonds. The third kappa shape index (κ3) is 5.11. The van der Waals surface area contributed by atoms with Crippen molar-refractivity contribution in [2.45, 2.75) is 38.3 Å². The van der Waals surface area contributed by atoms with Gasteiger partial charge in [-0.25, -0.2) is 4.39 Å². The second kappa shape index (κ2) is 9.58. The van der Waals surface area contributed by atoms with Gasteiger partial charge in [-0.15, -0.1) is 0 Å². The zero-order chi connectivity index (χ0) is 21.8. The lowest BCUT2D eigenvalue weighted by Crippen LogP contribution is -2.48. The van der Waals surface area contributed by atoms with Crippen LogP contribution in [0.4, 0.5) is 4.39 Å². The molecule has 1 aliphatic rings. The molecule has 2 unspecified atom stereocenters. The molecule has 1 aromatic heterocycles. The molecule has 8 heteroatoms. The van der Waals surface area contributed by atoms with E-state index in [4.69, 9.17) is 16.1 Å². The van der Waals surface area contributed by atoms with Gasteiger partial charge in [0.15, 0.2) is 0 Å². The van der Waals surface area contributed by atoms with Crippen molar-refractivity contribution in [1.29, 1.82) is 0 Å². The maximum absolute atomic E-state index is 13.5. The van der Waals surface area contributed by atoms with Crippen LogP contribution >= 0.6 is 11.6 Å². The van der Waals surface area contributed by atoms with Gasteiger partial charge in [0.1, 0.15) is 5.82 Å². The summed E-state index contributed by atoms with van der Waals surface area (Å²) in [5.41, 5.74) is 1.46. The van der Waals surface area contributed by atoms with E-state index in [0.29, 0.717) is 35.4 Å². The second-order valence-corrected chi connectivity index (χ2v) is 8.19. The zero-order valence-electron chi connectivity index (χ0n) is 17.2. The number of aromatic nitrogens is 2. The van der Waals surface area contributed by atoms with E-state index >= 15 is 0 Å². The summed E-state index contributed by atoms with van der Waals surface area (Å²) in [6.45, 7) is 3.75. The highest BCUT2D eigenvalue weighted by Gasteiger charge is 2.31. The molecule has 1 saturated heterocycles. The molecule has 0 bridgehead atoms. The lowest BCUT2D eigenvalue weighted by molar-refractivity contribution is -0.126. The van der Waals surface area contributed by atoms with Gasteiger partial charge >= 0.3 is 0 Å². The summed E-state index contributed by atoms with van der Waals surface area (Å²) in [5, 5.41) is 7.62. The van der Waals surface area contributed by atoms with Crippen LogP contribution in [0.15, 0.2) is 53.1 Å². The third-order valence-electron chi connectivity index (χ3n) is 5.66. The molecule has 162 valence electrons. The zero-order valence-corrected chi connectivity index (χ0v) is 18.0. The van der Waals surface area contributed by atoms with Crippen LogP contribution in [-0.4, -0.2) is 40.1 Å². The van der Waals surface area contributed by atoms with E-state index in [1.54, 1.807) is 12.1 Å². The van der Waals surface area contributed by atoms with Crippen LogP contribution in [0.3, 0.4) is 0 Å². The smallest absolute Gasteiger partial charge is 0.237 e. The monoisotopic (exact) mass is 442 g/mol. The second-order valence-electron chi connectivity index (χ2n) is 7.79. The number of nitrogens with one attached hydrogen (secondary N) is 1. The predicted octanol–water partition coefficient (Wildman–Crippen LogP) is 4.41. The SMILES string of the molecule is CC(C(=O)NCc1ccccc1Cl)N1CCCC(c2nc(-c3cccc(F)c3)no2)C1. The van der Waals surface area contributed by atoms with Crippen molar-refractivity contribution in [3.05, 3.63) is 70.8 Å². The van der Waals surface area contributed by atoms with E-state index in [1.165, 1.54) is 12.1 Å². The van der Waals surface area contributed by atoms with Gasteiger partial charge in [0.25, 0.3) is 0 Å². The van der Waals surface area contributed by atoms with Crippen LogP contribution in [0.25, 0.3) is 11.4 Å². The summed E-state index contributed by atoms with van der Waals surface area (Å²) in [5.74, 6) is 0.531. The summed E-state index contributed by atoms with van der Waals surface area (Å²) in [6, 6.07) is 13.3. The van der Waals surface area contributed by atoms with E-state index in [0.717, 1.165) is 24.9 Å². The van der Waals surface area contributed by atoms with E-state index in [2.05, 4.69) is 20.4 Å². The normalized spacial score (nSPS) is 18.0. The first-order chi connectivity index (χ1) is 15.0. The Morgan fingerprint density at radius 2 is 2.16 bits per heavy atom. The highest BCUT2D eigenvalue weighted by Crippen LogP contribution is 2.28. The van der Waals surface area contributed by atoms with E-state index in [9.17, 15) is 9.18 Å². The molecule has 0 aliphatic carbocycles. The number of amides is 1. The van der Waals surface area contributed by atoms with Gasteiger partial charge in [0.05, 0.1) is 12.0 Å². The molecular formula is C23H24ClFN4O2. The summed E-state index contributed by atoms with van der Waals surface area (Å²) in [6.07, 6.45) is 1.82. The molecule has 0 spiro atoms. The summed E-state index contributed by atoms with van der Waals surface area (Å²) >= 11 is 6.17. The number of likely N-dealkylation sites (tertiary alicyclic amines) is 1. The Morgan fingerprint density at radius 1 is 1.32 bits per heavy atom. The highest BCUT2D eigenvalue weighted by molar-refractivity contribution is 6.31. The number of benzene rings is 2. The molecule has 4 rings (SSSR count). The Bertz CT molecular complexity index is 1060. The molecule has 1 N–H and O–H groups in total. The standard InChI is InChI=1S/C23H24ClFN4O2/c1-15(22(30)26-13-17-6-2-3-10-20(17)24)29-11-5-8-18(14-29)23-27-21(28-31-23)16-7-4-9-19(25)12-16/h2-4,6-7,9-10,12,15,18H,5,8,11,13-14H2,1H3,(H,26,30). The fourth-order valence-electron chi connectivity index (χ4n) is 3.84. The first-order valence-corrected chi connectivity index (χ1v) is 10.7. The average molecular weight is 443 g/mol. The van der Waals surface area contributed by atoms with Crippen LogP contribution in [0, 0.1) is 5.82 Å². The molecule has 2 aromatic carbocycles. The molecule has 31 heavy (non-hydrogen) atoms. The van der Waals surface area contributed by atoms with E-state index in [1.807, 2.05) is 31.2 Å². The Labute approximate surface area is 185 Å². The highest BCUT2D eigenvalue weighted by atomic mass is 35.5. The van der Waals surface area contributed by atoms with Crippen LogP contribution < -0.4 is 5.32 Å². The molecule has 2 atom stereocenters. The molecule has 3 aromatic rings. The molecule has 0 radical (unpaired) electrons. The van der Waals surface area contributed by atoms with Crippen LogP contribution in [0.5, 0.6) is 0 Å². The van der Waals surface area contributed by atoms with Crippen LogP contribution in [-0.2, 0) is 11.3 Å². The van der Waals surface area contributed by atoms with Gasteiger partial charge in [-0.1, -0.05) is 47.1 Å². The quantitative estimate of drug-likeness (QED) is 0.612. The van der Waals surface area contributed by atoms with E-state index < -0.39 is 0 Å². The summed E-state index contributed by atoms with van der Waals surface area (Å²) < 4.78 is 19.0. The minimum Gasteiger partial charge on any atom is -0.351 e. The van der Waals surface area contributed by atoms with Crippen molar-refractivity contribution in [1.82, 2.24) is 20.4 Å². The molecule has 2 heterocycles. The Balaban J connectivity index is 1.38. The van der Waals surface area contributed by atoms with Crippen molar-refractivity contribution in [2.24, 2.45) is 0 Å². The van der Waals surface area contributed by atoms with E-state index in [-0.39, 0.29) is 23.7 Å². The number of hydrogen-bond donors (Lipinski definition) is 1. The van der Waals surface area contributed by atoms with Crippen LogP contribution in [0.2, 0.25) is 5.02 Å². The average Bonchev–Trinajstić information content (AvgIpc) is 3.28. The first kappa shape index (κ1) is 21.5. The lowest BCUT2D eigenvalue weighted by Gasteiger charge is -2.34. The van der Waals surface area contributed by atoms with Crippen molar-refractivity contribution < 1.29 is 13.7 Å². The molecular weight excluding hydrogens is 419 g/mol. The third-order valence-corrected chi connectivity index (χ3v) is 6.03. The van der Waals surface area contributed by atoms with Crippen molar-refractivity contribution >= 4 is 17.5 Å². The van der Waals surface area contributed by atoms with Gasteiger partial charge < -0.3 is 9.84 Å². The number of carbonyl (C=O) groups is 1. The van der Waals surface area contributed by atoms with Gasteiger partial charge in [-0.05, 0) is 50.1 Å². The minimum absolute atomic E-state index is 0.0300. The molecule has 1 aliphatic heterocycles. The van der Waals surface area contributed by atoms with Gasteiger partial charge in [-0.3, -0.25) is 9.69 Å². The maximum Gasteiger partial charge on any atom is 0.237 e. The van der Waals surface area contributed by atoms with Crippen molar-refractivity contribution in [3.63, 3.8) is 0 Å². The number of halogens is 2. The van der Waals surface area contributed by atoms with Gasteiger partial charge in [-0.2, -0.15) is 4.98 Å². The fraction of sp³-hybridized carbons (Fsp3) is 0.348. The number of carbonyl (C=O) groups excluding carboxylic acids is 1. The van der Waals surface area contributed by atoms with Crippen molar-refractivity contribution in [2.75, 3.05) is 13.1 Å². The van der Waals surface area contributed by atoms with Crippen molar-refractivity contribution in [3.8, 4) is 11.4 Å². The Kier molecular flexibility index (Phi) is 6.63. The Morgan fingerprint density at radius 3 is 2.97 bits per heavy atom. The molecule has 1 fully saturated rings. The summed E-state index contributed by atoms with van der Waals surface area (Å²) in [7, 11) is 0. The lowest BCUT2D eigenvalue weighted by atomic mass is 9.96. The predicted molar refractivity (Wildman–Crippen MR) is 116 cm³/mol. The number of piperidine rings is 1. The fourth-order valence-corrected chi connectivity index (χ4v) is 4.05. The number of nitrogens with zero attached hydrogens (tertiary/aromatic N) is 3. The maximum atomic E-state index is 13.5. The first-order valence-electron chi connectivity index (χ1n) is 10.4. The largest absolute Gasteiger partial charge is 0.351 e. The minimum atomic E-state index is -0.343. The Hall–Kier alpha value is -2.77. The topological polar surface area (TPSA) is 71.3 Å². The number of hydrogen-bond acceptors (Lipinski definition) is 5. The van der Waals surface area contributed by atoms with Crippen LogP contribution in [0.1, 0.15) is 37.1 Å². The summed E-state index contributed by atoms with van der Waals surface area (Å²) in [4.78, 5) is 19.3. The molecule has 0 saturated carbocycles. The number of rotatable bonds is 6. The molecule has 6 nitrogen and oxygen atoms in total.